The Morgan fingerprint density at radius 2 is 2.07 bits per heavy atom. The minimum absolute atomic E-state index is 0.0107. The first-order valence-corrected chi connectivity index (χ1v) is 11.6. The molecule has 28 heavy (non-hydrogen) atoms. The van der Waals surface area contributed by atoms with Crippen LogP contribution in [0.1, 0.15) is 57.1 Å². The zero-order valence-corrected chi connectivity index (χ0v) is 17.1. The van der Waals surface area contributed by atoms with Gasteiger partial charge in [0.1, 0.15) is 5.75 Å². The van der Waals surface area contributed by atoms with Crippen molar-refractivity contribution in [1.29, 1.82) is 0 Å². The molecule has 0 saturated heterocycles. The fourth-order valence-corrected chi connectivity index (χ4v) is 7.02. The van der Waals surface area contributed by atoms with Crippen molar-refractivity contribution in [3.8, 4) is 5.75 Å². The molecular weight excluding hydrogens is 378 g/mol. The monoisotopic (exact) mass is 405 g/mol. The van der Waals surface area contributed by atoms with Crippen LogP contribution in [-0.4, -0.2) is 30.8 Å². The van der Waals surface area contributed by atoms with Crippen molar-refractivity contribution in [2.45, 2.75) is 58.5 Å². The third kappa shape index (κ3) is 2.36. The summed E-state index contributed by atoms with van der Waals surface area (Å²) in [6.45, 7) is 4.52. The molecule has 4 aliphatic rings. The minimum atomic E-state index is -4.37. The highest BCUT2D eigenvalue weighted by molar-refractivity contribution is 7.87. The molecule has 0 bridgehead atoms. The molecule has 1 aromatic carbocycles. The molecule has 0 heterocycles. The minimum Gasteiger partial charge on any atom is -0.492 e. The van der Waals surface area contributed by atoms with Gasteiger partial charge in [-0.05, 0) is 80.2 Å². The van der Waals surface area contributed by atoms with Crippen LogP contribution in [-0.2, 0) is 16.7 Å². The van der Waals surface area contributed by atoms with Crippen molar-refractivity contribution < 1.29 is 22.8 Å². The Hall–Kier alpha value is -1.57. The van der Waals surface area contributed by atoms with Crippen LogP contribution < -0.4 is 9.46 Å². The highest BCUT2D eigenvalue weighted by atomic mass is 32.2. The molecule has 152 valence electrons. The summed E-state index contributed by atoms with van der Waals surface area (Å²) in [5, 5.41) is 10.7. The maximum atomic E-state index is 11.3. The summed E-state index contributed by atoms with van der Waals surface area (Å²) >= 11 is 0. The molecule has 2 saturated carbocycles. The predicted octanol–water partition coefficient (Wildman–Crippen LogP) is 3.57. The molecule has 7 heteroatoms. The van der Waals surface area contributed by atoms with E-state index in [2.05, 4.69) is 11.6 Å². The van der Waals surface area contributed by atoms with Crippen LogP contribution in [0.25, 0.3) is 5.57 Å². The van der Waals surface area contributed by atoms with Crippen molar-refractivity contribution in [2.75, 3.05) is 11.3 Å². The Bertz CT molecular complexity index is 1000. The summed E-state index contributed by atoms with van der Waals surface area (Å²) in [4.78, 5) is 0. The summed E-state index contributed by atoms with van der Waals surface area (Å²) in [6.07, 6.45) is 5.61. The Morgan fingerprint density at radius 1 is 1.29 bits per heavy atom. The molecule has 0 aromatic heterocycles. The van der Waals surface area contributed by atoms with E-state index in [4.69, 9.17) is 4.74 Å². The number of nitrogens with one attached hydrogen (secondary N) is 1. The average molecular weight is 406 g/mol. The normalized spacial score (nSPS) is 35.6. The molecule has 1 aromatic rings. The van der Waals surface area contributed by atoms with E-state index < -0.39 is 10.3 Å². The number of allylic oxidation sites excluding steroid dienone is 2. The molecule has 5 rings (SSSR count). The molecule has 0 radical (unpaired) electrons. The molecule has 6 nitrogen and oxygen atoms in total. The zero-order chi connectivity index (χ0) is 19.9. The van der Waals surface area contributed by atoms with Gasteiger partial charge in [0, 0.05) is 10.8 Å². The number of rotatable bonds is 4. The van der Waals surface area contributed by atoms with Crippen molar-refractivity contribution in [2.24, 2.45) is 16.7 Å². The van der Waals surface area contributed by atoms with Gasteiger partial charge < -0.3 is 9.84 Å². The van der Waals surface area contributed by atoms with Gasteiger partial charge in [-0.2, -0.15) is 8.42 Å². The number of anilines is 1. The van der Waals surface area contributed by atoms with Gasteiger partial charge in [0.15, 0.2) is 0 Å². The maximum Gasteiger partial charge on any atom is 0.357 e. The first-order chi connectivity index (χ1) is 13.2. The summed E-state index contributed by atoms with van der Waals surface area (Å²) in [6, 6.07) is 3.74. The number of aryl methyl sites for hydroxylation is 1. The lowest BCUT2D eigenvalue weighted by atomic mass is 9.59. The summed E-state index contributed by atoms with van der Waals surface area (Å²) in [5.41, 5.74) is 5.56. The van der Waals surface area contributed by atoms with Gasteiger partial charge >= 0.3 is 10.3 Å². The van der Waals surface area contributed by atoms with E-state index >= 15 is 0 Å². The smallest absolute Gasteiger partial charge is 0.357 e. The van der Waals surface area contributed by atoms with E-state index in [0.717, 1.165) is 43.2 Å². The topological polar surface area (TPSA) is 95.9 Å². The Balaban J connectivity index is 1.63. The maximum absolute atomic E-state index is 11.3. The predicted molar refractivity (Wildman–Crippen MR) is 107 cm³/mol. The van der Waals surface area contributed by atoms with E-state index in [1.807, 2.05) is 13.0 Å². The van der Waals surface area contributed by atoms with E-state index in [9.17, 15) is 18.1 Å². The van der Waals surface area contributed by atoms with Gasteiger partial charge in [0.2, 0.25) is 0 Å². The van der Waals surface area contributed by atoms with E-state index in [1.165, 1.54) is 17.6 Å². The van der Waals surface area contributed by atoms with Gasteiger partial charge in [-0.15, -0.1) is 0 Å². The van der Waals surface area contributed by atoms with Crippen LogP contribution in [0.15, 0.2) is 17.7 Å². The largest absolute Gasteiger partial charge is 0.492 e. The van der Waals surface area contributed by atoms with Crippen LogP contribution in [0.2, 0.25) is 0 Å². The number of benzene rings is 1. The SMILES string of the molecule is CCOc1cc2c(cc1NS(=O)(=O)O)CCC1=C2CC[C@]2(C)[C@@H](O)C[C@@H]3C[C@@]132. The van der Waals surface area contributed by atoms with Crippen LogP contribution in [0.4, 0.5) is 5.69 Å². The summed E-state index contributed by atoms with van der Waals surface area (Å²) in [5.74, 6) is 1.04. The second-order valence-electron chi connectivity index (χ2n) is 9.01. The molecule has 3 N–H and O–H groups in total. The number of fused-ring (bicyclic) bond motifs is 2. The number of aliphatic hydroxyl groups is 1. The molecule has 4 atom stereocenters. The zero-order valence-electron chi connectivity index (χ0n) is 16.3. The van der Waals surface area contributed by atoms with Crippen molar-refractivity contribution in [3.63, 3.8) is 0 Å². The van der Waals surface area contributed by atoms with Crippen LogP contribution in [0.3, 0.4) is 0 Å². The lowest BCUT2D eigenvalue weighted by Crippen LogP contribution is -2.41. The fraction of sp³-hybridized carbons (Fsp3) is 0.619. The molecule has 2 fully saturated rings. The highest BCUT2D eigenvalue weighted by Gasteiger charge is 2.74. The van der Waals surface area contributed by atoms with Crippen LogP contribution in [0.5, 0.6) is 5.75 Å². The van der Waals surface area contributed by atoms with Crippen molar-refractivity contribution in [3.05, 3.63) is 28.8 Å². The number of aliphatic hydroxyl groups excluding tert-OH is 1. The lowest BCUT2D eigenvalue weighted by Gasteiger charge is -2.46. The standard InChI is InChI=1S/C21H27NO5S/c1-3-27-18-10-15-12(8-17(18)22-28(24,25)26)4-5-16-14(15)6-7-20(2)19(23)9-13-11-21(13,16)20/h8,10,13,19,22-23H,3-7,9,11H2,1-2H3,(H,24,25,26)/t13-,19+,20-,21+/m1/s1. The average Bonchev–Trinajstić information content (AvgIpc) is 3.27. The number of hydrogen-bond acceptors (Lipinski definition) is 4. The molecule has 0 aliphatic heterocycles. The Kier molecular flexibility index (Phi) is 3.78. The molecule has 1 spiro atoms. The van der Waals surface area contributed by atoms with E-state index in [0.29, 0.717) is 18.3 Å². The van der Waals surface area contributed by atoms with E-state index in [1.54, 1.807) is 6.07 Å². The second kappa shape index (κ2) is 5.74. The summed E-state index contributed by atoms with van der Waals surface area (Å²) in [7, 11) is -4.37. The molecular formula is C21H27NO5S. The number of ether oxygens (including phenoxy) is 1. The quantitative estimate of drug-likeness (QED) is 0.666. The highest BCUT2D eigenvalue weighted by Crippen LogP contribution is 2.80. The summed E-state index contributed by atoms with van der Waals surface area (Å²) < 4.78 is 39.8. The van der Waals surface area contributed by atoms with Gasteiger partial charge in [-0.1, -0.05) is 12.5 Å². The second-order valence-corrected chi connectivity index (χ2v) is 10.2. The van der Waals surface area contributed by atoms with Gasteiger partial charge in [0.05, 0.1) is 18.4 Å². The van der Waals surface area contributed by atoms with Gasteiger partial charge in [0.25, 0.3) is 0 Å². The fourth-order valence-electron chi connectivity index (χ4n) is 6.59. The third-order valence-corrected chi connectivity index (χ3v) is 8.36. The van der Waals surface area contributed by atoms with Crippen molar-refractivity contribution in [1.82, 2.24) is 0 Å². The molecule has 4 aliphatic carbocycles. The Morgan fingerprint density at radius 3 is 2.79 bits per heavy atom. The third-order valence-electron chi connectivity index (χ3n) is 7.88. The number of hydrogen-bond donors (Lipinski definition) is 3. The van der Waals surface area contributed by atoms with Crippen LogP contribution in [0, 0.1) is 16.7 Å². The van der Waals surface area contributed by atoms with Gasteiger partial charge in [-0.3, -0.25) is 9.27 Å². The van der Waals surface area contributed by atoms with Gasteiger partial charge in [-0.25, -0.2) is 0 Å². The Labute approximate surface area is 165 Å². The molecule has 0 unspecified atom stereocenters. The molecule has 0 amide bonds. The first-order valence-electron chi connectivity index (χ1n) is 10.2. The van der Waals surface area contributed by atoms with E-state index in [-0.39, 0.29) is 22.6 Å². The van der Waals surface area contributed by atoms with Crippen LogP contribution >= 0.6 is 0 Å². The first kappa shape index (κ1) is 18.5. The van der Waals surface area contributed by atoms with Crippen molar-refractivity contribution >= 4 is 21.6 Å². The lowest BCUT2D eigenvalue weighted by molar-refractivity contribution is 0.0114.